The molecule has 14 heavy (non-hydrogen) atoms. The Labute approximate surface area is 85.8 Å². The van der Waals surface area contributed by atoms with Crippen molar-refractivity contribution in [3.63, 3.8) is 0 Å². The van der Waals surface area contributed by atoms with Crippen LogP contribution in [0.4, 0.5) is 0 Å². The van der Waals surface area contributed by atoms with Crippen LogP contribution in [-0.4, -0.2) is 22.2 Å². The Morgan fingerprint density at radius 2 is 2.07 bits per heavy atom. The molecule has 0 spiro atoms. The zero-order chi connectivity index (χ0) is 9.97. The highest BCUT2D eigenvalue weighted by Crippen LogP contribution is 2.18. The van der Waals surface area contributed by atoms with Gasteiger partial charge < -0.3 is 10.0 Å². The van der Waals surface area contributed by atoms with Crippen molar-refractivity contribution in [1.29, 1.82) is 0 Å². The van der Waals surface area contributed by atoms with Gasteiger partial charge in [0.2, 0.25) is 0 Å². The first-order valence-corrected chi connectivity index (χ1v) is 5.06. The van der Waals surface area contributed by atoms with Gasteiger partial charge in [-0.2, -0.15) is 11.3 Å². The Balaban J connectivity index is 2.31. The van der Waals surface area contributed by atoms with Crippen LogP contribution in [0.2, 0.25) is 0 Å². The molecule has 3 nitrogen and oxygen atoms in total. The van der Waals surface area contributed by atoms with Crippen LogP contribution >= 0.6 is 11.3 Å². The molecule has 0 aromatic carbocycles. The van der Waals surface area contributed by atoms with Crippen LogP contribution in [0.3, 0.4) is 0 Å². The Morgan fingerprint density at radius 3 is 2.57 bits per heavy atom. The van der Waals surface area contributed by atoms with Gasteiger partial charge in [-0.3, -0.25) is 4.98 Å². The first-order chi connectivity index (χ1) is 6.77. The van der Waals surface area contributed by atoms with E-state index >= 15 is 0 Å². The van der Waals surface area contributed by atoms with Gasteiger partial charge in [0.15, 0.2) is 0 Å². The number of thiophene rings is 1. The second-order valence-corrected chi connectivity index (χ2v) is 3.64. The third-order valence-electron chi connectivity index (χ3n) is 1.90. The average molecular weight is 205 g/mol. The zero-order valence-electron chi connectivity index (χ0n) is 7.29. The third-order valence-corrected chi connectivity index (χ3v) is 2.58. The van der Waals surface area contributed by atoms with Crippen LogP contribution in [-0.2, 0) is 0 Å². The second kappa shape index (κ2) is 3.92. The van der Waals surface area contributed by atoms with Gasteiger partial charge >= 0.3 is 7.12 Å². The molecular weight excluding hydrogens is 197 g/mol. The molecule has 5 heteroatoms. The molecule has 0 aliphatic rings. The Bertz CT molecular complexity index is 399. The van der Waals surface area contributed by atoms with Crippen molar-refractivity contribution in [3.8, 4) is 11.3 Å². The molecule has 70 valence electrons. The van der Waals surface area contributed by atoms with E-state index in [1.165, 1.54) is 6.20 Å². The summed E-state index contributed by atoms with van der Waals surface area (Å²) in [6.07, 6.45) is 1.47. The molecule has 2 aromatic heterocycles. The van der Waals surface area contributed by atoms with Crippen LogP contribution < -0.4 is 5.46 Å². The molecule has 0 unspecified atom stereocenters. The lowest BCUT2D eigenvalue weighted by Gasteiger charge is -2.00. The molecule has 2 aromatic rings. The van der Waals surface area contributed by atoms with Crippen LogP contribution in [0, 0.1) is 0 Å². The molecule has 2 N–H and O–H groups in total. The van der Waals surface area contributed by atoms with Crippen molar-refractivity contribution in [2.75, 3.05) is 0 Å². The van der Waals surface area contributed by atoms with E-state index in [0.717, 1.165) is 11.3 Å². The molecule has 0 amide bonds. The molecule has 2 heterocycles. The van der Waals surface area contributed by atoms with Crippen LogP contribution in [0.15, 0.2) is 35.2 Å². The minimum atomic E-state index is -1.45. The van der Waals surface area contributed by atoms with E-state index in [1.54, 1.807) is 23.5 Å². The fraction of sp³-hybridized carbons (Fsp3) is 0. The van der Waals surface area contributed by atoms with E-state index in [1.807, 2.05) is 16.8 Å². The predicted octanol–water partition coefficient (Wildman–Crippen LogP) is 0.490. The number of pyridine rings is 1. The summed E-state index contributed by atoms with van der Waals surface area (Å²) in [5.41, 5.74) is 2.30. The van der Waals surface area contributed by atoms with Gasteiger partial charge in [0, 0.05) is 22.6 Å². The highest BCUT2D eigenvalue weighted by Gasteiger charge is 2.10. The minimum absolute atomic E-state index is 0.406. The molecule has 0 fully saturated rings. The SMILES string of the molecule is OB(O)c1ccc(-c2ccsc2)nc1. The van der Waals surface area contributed by atoms with Crippen molar-refractivity contribution < 1.29 is 10.0 Å². The zero-order valence-corrected chi connectivity index (χ0v) is 8.11. The first-order valence-electron chi connectivity index (χ1n) is 4.12. The van der Waals surface area contributed by atoms with E-state index in [0.29, 0.717) is 5.46 Å². The van der Waals surface area contributed by atoms with Gasteiger partial charge in [-0.25, -0.2) is 0 Å². The molecule has 0 saturated carbocycles. The standard InChI is InChI=1S/C9H8BNO2S/c12-10(13)8-1-2-9(11-5-8)7-3-4-14-6-7/h1-6,12-13H. The summed E-state index contributed by atoms with van der Waals surface area (Å²) in [6.45, 7) is 0. The summed E-state index contributed by atoms with van der Waals surface area (Å²) in [4.78, 5) is 4.13. The predicted molar refractivity (Wildman–Crippen MR) is 57.4 cm³/mol. The van der Waals surface area contributed by atoms with E-state index in [-0.39, 0.29) is 0 Å². The quantitative estimate of drug-likeness (QED) is 0.701. The number of rotatable bonds is 2. The van der Waals surface area contributed by atoms with Crippen molar-refractivity contribution in [1.82, 2.24) is 4.98 Å². The molecular formula is C9H8BNO2S. The summed E-state index contributed by atoms with van der Waals surface area (Å²) in [5.74, 6) is 0. The first kappa shape index (κ1) is 9.39. The van der Waals surface area contributed by atoms with Crippen LogP contribution in [0.25, 0.3) is 11.3 Å². The Morgan fingerprint density at radius 1 is 1.21 bits per heavy atom. The topological polar surface area (TPSA) is 53.4 Å². The summed E-state index contributed by atoms with van der Waals surface area (Å²) in [7, 11) is -1.45. The van der Waals surface area contributed by atoms with E-state index in [9.17, 15) is 0 Å². The van der Waals surface area contributed by atoms with Gasteiger partial charge in [-0.15, -0.1) is 0 Å². The lowest BCUT2D eigenvalue weighted by Crippen LogP contribution is -2.29. The van der Waals surface area contributed by atoms with E-state index in [2.05, 4.69) is 4.98 Å². The molecule has 0 aliphatic heterocycles. The van der Waals surface area contributed by atoms with Gasteiger partial charge in [0.25, 0.3) is 0 Å². The number of nitrogens with zero attached hydrogens (tertiary/aromatic N) is 1. The van der Waals surface area contributed by atoms with Gasteiger partial charge in [0.1, 0.15) is 0 Å². The highest BCUT2D eigenvalue weighted by molar-refractivity contribution is 7.08. The lowest BCUT2D eigenvalue weighted by atomic mass is 9.81. The van der Waals surface area contributed by atoms with Crippen molar-refractivity contribution in [2.24, 2.45) is 0 Å². The van der Waals surface area contributed by atoms with Crippen molar-refractivity contribution in [3.05, 3.63) is 35.2 Å². The maximum Gasteiger partial charge on any atom is 0.490 e. The lowest BCUT2D eigenvalue weighted by molar-refractivity contribution is 0.425. The summed E-state index contributed by atoms with van der Waals surface area (Å²) >= 11 is 1.61. The maximum absolute atomic E-state index is 8.86. The summed E-state index contributed by atoms with van der Waals surface area (Å²) < 4.78 is 0. The number of aromatic nitrogens is 1. The largest absolute Gasteiger partial charge is 0.490 e. The fourth-order valence-electron chi connectivity index (χ4n) is 1.14. The van der Waals surface area contributed by atoms with Gasteiger partial charge in [-0.05, 0) is 17.5 Å². The van der Waals surface area contributed by atoms with Crippen LogP contribution in [0.1, 0.15) is 0 Å². The molecule has 0 saturated heterocycles. The highest BCUT2D eigenvalue weighted by atomic mass is 32.1. The van der Waals surface area contributed by atoms with Crippen molar-refractivity contribution >= 4 is 23.9 Å². The molecule has 0 aliphatic carbocycles. The average Bonchev–Trinajstić information content (AvgIpc) is 2.71. The third kappa shape index (κ3) is 1.84. The number of hydrogen-bond acceptors (Lipinski definition) is 4. The monoisotopic (exact) mass is 205 g/mol. The normalized spacial score (nSPS) is 10.1. The van der Waals surface area contributed by atoms with E-state index in [4.69, 9.17) is 10.0 Å². The van der Waals surface area contributed by atoms with Gasteiger partial charge in [0.05, 0.1) is 5.69 Å². The Kier molecular flexibility index (Phi) is 2.63. The van der Waals surface area contributed by atoms with E-state index < -0.39 is 7.12 Å². The molecule has 0 bridgehead atoms. The summed E-state index contributed by atoms with van der Waals surface area (Å²) in [6, 6.07) is 5.41. The minimum Gasteiger partial charge on any atom is -0.423 e. The summed E-state index contributed by atoms with van der Waals surface area (Å²) in [5, 5.41) is 21.7. The van der Waals surface area contributed by atoms with Gasteiger partial charge in [-0.1, -0.05) is 6.07 Å². The Hall–Kier alpha value is -1.17. The molecule has 0 atom stereocenters. The maximum atomic E-state index is 8.86. The molecule has 0 radical (unpaired) electrons. The molecule has 2 rings (SSSR count). The van der Waals surface area contributed by atoms with Crippen molar-refractivity contribution in [2.45, 2.75) is 0 Å². The smallest absolute Gasteiger partial charge is 0.423 e. The number of hydrogen-bond donors (Lipinski definition) is 2. The fourth-order valence-corrected chi connectivity index (χ4v) is 1.79. The van der Waals surface area contributed by atoms with Crippen LogP contribution in [0.5, 0.6) is 0 Å². The second-order valence-electron chi connectivity index (χ2n) is 2.86.